The first-order chi connectivity index (χ1) is 7.52. The van der Waals surface area contributed by atoms with Gasteiger partial charge in [-0.25, -0.2) is 0 Å². The van der Waals surface area contributed by atoms with Gasteiger partial charge in [-0.3, -0.25) is 4.79 Å². The number of anilines is 1. The van der Waals surface area contributed by atoms with Gasteiger partial charge >= 0.3 is 0 Å². The zero-order chi connectivity index (χ0) is 12.1. The number of likely N-dealkylation sites (N-methyl/N-ethyl adjacent to an activating group) is 1. The van der Waals surface area contributed by atoms with Crippen molar-refractivity contribution in [3.8, 4) is 5.75 Å². The van der Waals surface area contributed by atoms with Crippen LogP contribution in [-0.2, 0) is 4.79 Å². The molecule has 88 valence electrons. The summed E-state index contributed by atoms with van der Waals surface area (Å²) in [5, 5.41) is 2.81. The van der Waals surface area contributed by atoms with Gasteiger partial charge in [0.1, 0.15) is 5.75 Å². The molecular weight excluding hydrogens is 272 g/mol. The molecule has 0 bridgehead atoms. The number of amides is 1. The van der Waals surface area contributed by atoms with Crippen LogP contribution in [0.3, 0.4) is 0 Å². The predicted molar refractivity (Wildman–Crippen MR) is 67.9 cm³/mol. The average molecular weight is 287 g/mol. The summed E-state index contributed by atoms with van der Waals surface area (Å²) < 4.78 is 5.87. The molecule has 1 aromatic carbocycles. The Hall–Kier alpha value is -1.07. The lowest BCUT2D eigenvalue weighted by molar-refractivity contribution is -0.116. The van der Waals surface area contributed by atoms with Crippen LogP contribution in [-0.4, -0.2) is 38.6 Å². The molecule has 4 nitrogen and oxygen atoms in total. The van der Waals surface area contributed by atoms with Crippen molar-refractivity contribution in [2.45, 2.75) is 0 Å². The fourth-order valence-electron chi connectivity index (χ4n) is 1.20. The van der Waals surface area contributed by atoms with Gasteiger partial charge in [0.25, 0.3) is 0 Å². The molecule has 0 aliphatic heterocycles. The van der Waals surface area contributed by atoms with E-state index in [1.807, 2.05) is 25.1 Å². The van der Waals surface area contributed by atoms with E-state index in [0.717, 1.165) is 15.9 Å². The number of hydrogen-bond donors (Lipinski definition) is 1. The second-order valence-electron chi connectivity index (χ2n) is 3.63. The Morgan fingerprint density at radius 3 is 2.69 bits per heavy atom. The average Bonchev–Trinajstić information content (AvgIpc) is 2.19. The third kappa shape index (κ3) is 3.83. The number of hydrogen-bond acceptors (Lipinski definition) is 3. The number of nitrogens with zero attached hydrogens (tertiary/aromatic N) is 1. The molecule has 0 heterocycles. The Labute approximate surface area is 104 Å². The standard InChI is InChI=1S/C11H15BrN2O2/c1-14(2)7-11(15)13-10-5-4-8(16-3)6-9(10)12/h4-6H,7H2,1-3H3,(H,13,15). The first kappa shape index (κ1) is 13.0. The molecule has 0 atom stereocenters. The number of ether oxygens (including phenoxy) is 1. The number of halogens is 1. The predicted octanol–water partition coefficient (Wildman–Crippen LogP) is 1.96. The largest absolute Gasteiger partial charge is 0.497 e. The van der Waals surface area contributed by atoms with Crippen molar-refractivity contribution in [3.63, 3.8) is 0 Å². The summed E-state index contributed by atoms with van der Waals surface area (Å²) in [6.07, 6.45) is 0. The summed E-state index contributed by atoms with van der Waals surface area (Å²) in [5.41, 5.74) is 0.743. The first-order valence-corrected chi connectivity index (χ1v) is 5.60. The van der Waals surface area contributed by atoms with Gasteiger partial charge in [0.05, 0.1) is 19.3 Å². The summed E-state index contributed by atoms with van der Waals surface area (Å²) in [6, 6.07) is 5.41. The molecule has 0 saturated carbocycles. The minimum atomic E-state index is -0.0455. The van der Waals surface area contributed by atoms with Crippen LogP contribution in [0.25, 0.3) is 0 Å². The zero-order valence-corrected chi connectivity index (χ0v) is 11.2. The molecule has 0 saturated heterocycles. The fourth-order valence-corrected chi connectivity index (χ4v) is 1.66. The van der Waals surface area contributed by atoms with E-state index >= 15 is 0 Å². The van der Waals surface area contributed by atoms with E-state index in [2.05, 4.69) is 21.2 Å². The minimum Gasteiger partial charge on any atom is -0.497 e. The quantitative estimate of drug-likeness (QED) is 0.920. The molecule has 5 heteroatoms. The van der Waals surface area contributed by atoms with E-state index in [4.69, 9.17) is 4.74 Å². The van der Waals surface area contributed by atoms with Crippen molar-refractivity contribution in [1.29, 1.82) is 0 Å². The normalized spacial score (nSPS) is 10.3. The van der Waals surface area contributed by atoms with Crippen molar-refractivity contribution < 1.29 is 9.53 Å². The van der Waals surface area contributed by atoms with Crippen LogP contribution >= 0.6 is 15.9 Å². The van der Waals surface area contributed by atoms with Crippen LogP contribution in [0.1, 0.15) is 0 Å². The molecule has 0 aliphatic carbocycles. The lowest BCUT2D eigenvalue weighted by atomic mass is 10.3. The second kappa shape index (κ2) is 5.86. The third-order valence-corrected chi connectivity index (χ3v) is 2.57. The zero-order valence-electron chi connectivity index (χ0n) is 9.58. The van der Waals surface area contributed by atoms with E-state index in [0.29, 0.717) is 6.54 Å². The molecule has 0 radical (unpaired) electrons. The van der Waals surface area contributed by atoms with Gasteiger partial charge < -0.3 is 15.0 Å². The highest BCUT2D eigenvalue weighted by molar-refractivity contribution is 9.10. The maximum Gasteiger partial charge on any atom is 0.238 e. The summed E-state index contributed by atoms with van der Waals surface area (Å²) in [6.45, 7) is 0.360. The Morgan fingerprint density at radius 1 is 1.50 bits per heavy atom. The summed E-state index contributed by atoms with van der Waals surface area (Å²) in [4.78, 5) is 13.3. The Balaban J connectivity index is 2.70. The van der Waals surface area contributed by atoms with Gasteiger partial charge in [-0.05, 0) is 48.2 Å². The Kier molecular flexibility index (Phi) is 4.76. The molecule has 1 amide bonds. The molecule has 1 aromatic rings. The number of carbonyl (C=O) groups excluding carboxylic acids is 1. The van der Waals surface area contributed by atoms with E-state index in [1.165, 1.54) is 0 Å². The highest BCUT2D eigenvalue weighted by atomic mass is 79.9. The SMILES string of the molecule is COc1ccc(NC(=O)CN(C)C)c(Br)c1. The van der Waals surface area contributed by atoms with Crippen LogP contribution in [0, 0.1) is 0 Å². The van der Waals surface area contributed by atoms with Gasteiger partial charge in [-0.15, -0.1) is 0 Å². The van der Waals surface area contributed by atoms with Crippen molar-refractivity contribution in [2.24, 2.45) is 0 Å². The van der Waals surface area contributed by atoms with Crippen LogP contribution in [0.5, 0.6) is 5.75 Å². The number of rotatable bonds is 4. The van der Waals surface area contributed by atoms with Gasteiger partial charge in [0.2, 0.25) is 5.91 Å². The van der Waals surface area contributed by atoms with Gasteiger partial charge in [-0.2, -0.15) is 0 Å². The fraction of sp³-hybridized carbons (Fsp3) is 0.364. The molecule has 1 N–H and O–H groups in total. The maximum absolute atomic E-state index is 11.5. The van der Waals surface area contributed by atoms with Gasteiger partial charge in [-0.1, -0.05) is 0 Å². The molecule has 16 heavy (non-hydrogen) atoms. The van der Waals surface area contributed by atoms with Gasteiger partial charge in [0.15, 0.2) is 0 Å². The number of methoxy groups -OCH3 is 1. The number of nitrogens with one attached hydrogen (secondary N) is 1. The van der Waals surface area contributed by atoms with E-state index in [9.17, 15) is 4.79 Å². The molecule has 0 aliphatic rings. The molecule has 1 rings (SSSR count). The molecule has 0 spiro atoms. The number of carbonyl (C=O) groups is 1. The van der Waals surface area contributed by atoms with Crippen LogP contribution in [0.2, 0.25) is 0 Å². The summed E-state index contributed by atoms with van der Waals surface area (Å²) in [7, 11) is 5.30. The molecule has 0 fully saturated rings. The highest BCUT2D eigenvalue weighted by Crippen LogP contribution is 2.26. The first-order valence-electron chi connectivity index (χ1n) is 4.81. The van der Waals surface area contributed by atoms with Crippen molar-refractivity contribution in [2.75, 3.05) is 33.1 Å². The lowest BCUT2D eigenvalue weighted by Gasteiger charge is -2.11. The lowest BCUT2D eigenvalue weighted by Crippen LogP contribution is -2.27. The van der Waals surface area contributed by atoms with E-state index in [-0.39, 0.29) is 5.91 Å². The van der Waals surface area contributed by atoms with E-state index < -0.39 is 0 Å². The number of benzene rings is 1. The monoisotopic (exact) mass is 286 g/mol. The van der Waals surface area contributed by atoms with Crippen LogP contribution in [0.4, 0.5) is 5.69 Å². The molecular formula is C11H15BrN2O2. The van der Waals surface area contributed by atoms with Crippen molar-refractivity contribution in [1.82, 2.24) is 4.90 Å². The minimum absolute atomic E-state index is 0.0455. The van der Waals surface area contributed by atoms with Crippen molar-refractivity contribution >= 4 is 27.5 Å². The van der Waals surface area contributed by atoms with E-state index in [1.54, 1.807) is 19.2 Å². The second-order valence-corrected chi connectivity index (χ2v) is 4.49. The third-order valence-electron chi connectivity index (χ3n) is 1.91. The summed E-state index contributed by atoms with van der Waals surface area (Å²) in [5.74, 6) is 0.702. The molecule has 0 aromatic heterocycles. The summed E-state index contributed by atoms with van der Waals surface area (Å²) >= 11 is 3.37. The smallest absolute Gasteiger partial charge is 0.238 e. The topological polar surface area (TPSA) is 41.6 Å². The maximum atomic E-state index is 11.5. The highest BCUT2D eigenvalue weighted by Gasteiger charge is 2.07. The van der Waals surface area contributed by atoms with Crippen molar-refractivity contribution in [3.05, 3.63) is 22.7 Å². The Bertz CT molecular complexity index is 380. The molecule has 0 unspecified atom stereocenters. The van der Waals surface area contributed by atoms with Gasteiger partial charge in [0, 0.05) is 4.47 Å². The van der Waals surface area contributed by atoms with Crippen LogP contribution < -0.4 is 10.1 Å². The van der Waals surface area contributed by atoms with Crippen LogP contribution in [0.15, 0.2) is 22.7 Å². The Morgan fingerprint density at radius 2 is 2.19 bits per heavy atom.